The second-order valence-corrected chi connectivity index (χ2v) is 6.76. The van der Waals surface area contributed by atoms with Crippen molar-refractivity contribution in [1.82, 2.24) is 9.80 Å². The number of rotatable bonds is 5. The Morgan fingerprint density at radius 3 is 2.56 bits per heavy atom. The van der Waals surface area contributed by atoms with Crippen molar-refractivity contribution in [2.75, 3.05) is 19.6 Å². The molecule has 0 radical (unpaired) electrons. The van der Waals surface area contributed by atoms with Gasteiger partial charge in [0.05, 0.1) is 11.6 Å². The van der Waals surface area contributed by atoms with Crippen molar-refractivity contribution in [3.63, 3.8) is 0 Å². The Labute approximate surface area is 158 Å². The van der Waals surface area contributed by atoms with E-state index in [1.807, 2.05) is 6.07 Å². The second-order valence-electron chi connectivity index (χ2n) is 6.76. The third kappa shape index (κ3) is 4.37. The first-order valence-corrected chi connectivity index (χ1v) is 8.94. The minimum absolute atomic E-state index is 0.0607. The zero-order chi connectivity index (χ0) is 19.4. The third-order valence-corrected chi connectivity index (χ3v) is 5.01. The lowest BCUT2D eigenvalue weighted by Gasteiger charge is -2.35. The van der Waals surface area contributed by atoms with E-state index in [0.717, 1.165) is 12.8 Å². The number of hydrogen-bond donors (Lipinski definition) is 2. The summed E-state index contributed by atoms with van der Waals surface area (Å²) in [4.78, 5) is 15.0. The minimum atomic E-state index is -1.04. The first-order chi connectivity index (χ1) is 13.0. The van der Waals surface area contributed by atoms with Crippen LogP contribution in [0.1, 0.15) is 18.4 Å². The molecule has 1 saturated heterocycles. The Balaban J connectivity index is 1.55. The van der Waals surface area contributed by atoms with Gasteiger partial charge in [-0.15, -0.1) is 0 Å². The largest absolute Gasteiger partial charge is 0.458 e. The summed E-state index contributed by atoms with van der Waals surface area (Å²) in [6, 6.07) is 8.58. The number of aliphatic hydroxyl groups excluding tert-OH is 2. The Morgan fingerprint density at radius 2 is 1.96 bits per heavy atom. The standard InChI is InChI=1S/C20H23N3O4/c1-2-18(24)22-9-7-15(8-10-22)13-23-19(25)11-17(20(23)26)27-16-5-3-14(12-21)4-6-16/h2-6,11,15,19-20,25-26H,1,7-10,13H2. The van der Waals surface area contributed by atoms with Crippen LogP contribution in [0.4, 0.5) is 0 Å². The van der Waals surface area contributed by atoms with Crippen LogP contribution < -0.4 is 4.74 Å². The minimum Gasteiger partial charge on any atom is -0.458 e. The van der Waals surface area contributed by atoms with Crippen LogP contribution in [0.25, 0.3) is 0 Å². The number of piperidine rings is 1. The summed E-state index contributed by atoms with van der Waals surface area (Å²) in [7, 11) is 0. The van der Waals surface area contributed by atoms with Gasteiger partial charge in [-0.05, 0) is 49.1 Å². The maximum atomic E-state index is 11.7. The molecule has 0 aromatic heterocycles. The highest BCUT2D eigenvalue weighted by molar-refractivity contribution is 5.87. The second kappa shape index (κ2) is 8.35. The highest BCUT2D eigenvalue weighted by Gasteiger charge is 2.36. The Morgan fingerprint density at radius 1 is 1.30 bits per heavy atom. The molecule has 1 aromatic rings. The fraction of sp³-hybridized carbons (Fsp3) is 0.400. The van der Waals surface area contributed by atoms with E-state index in [2.05, 4.69) is 6.58 Å². The van der Waals surface area contributed by atoms with Gasteiger partial charge >= 0.3 is 0 Å². The van der Waals surface area contributed by atoms with Gasteiger partial charge in [-0.25, -0.2) is 4.90 Å². The highest BCUT2D eigenvalue weighted by atomic mass is 16.5. The molecule has 1 amide bonds. The van der Waals surface area contributed by atoms with Gasteiger partial charge in [0, 0.05) is 25.7 Å². The lowest BCUT2D eigenvalue weighted by molar-refractivity contribution is -0.127. The summed E-state index contributed by atoms with van der Waals surface area (Å²) in [5.74, 6) is 0.969. The SMILES string of the molecule is C=CC(=O)N1CCC(CN2C(O)C=C(Oc3ccc(C#N)cc3)C2O)CC1. The van der Waals surface area contributed by atoms with Crippen LogP contribution in [-0.4, -0.2) is 58.0 Å². The van der Waals surface area contributed by atoms with Gasteiger partial charge in [-0.1, -0.05) is 6.58 Å². The molecule has 0 bridgehead atoms. The number of carbonyl (C=O) groups is 1. The fourth-order valence-corrected chi connectivity index (χ4v) is 3.43. The lowest BCUT2D eigenvalue weighted by Crippen LogP contribution is -2.45. The molecule has 7 heteroatoms. The number of ether oxygens (including phenoxy) is 1. The van der Waals surface area contributed by atoms with E-state index in [1.165, 1.54) is 12.2 Å². The molecular weight excluding hydrogens is 346 g/mol. The van der Waals surface area contributed by atoms with Crippen molar-refractivity contribution < 1.29 is 19.7 Å². The molecule has 3 rings (SSSR count). The molecule has 0 spiro atoms. The molecule has 2 N–H and O–H groups in total. The van der Waals surface area contributed by atoms with Crippen LogP contribution >= 0.6 is 0 Å². The monoisotopic (exact) mass is 369 g/mol. The van der Waals surface area contributed by atoms with Crippen LogP contribution in [-0.2, 0) is 4.79 Å². The molecule has 2 unspecified atom stereocenters. The van der Waals surface area contributed by atoms with Gasteiger partial charge in [0.25, 0.3) is 0 Å². The first-order valence-electron chi connectivity index (χ1n) is 8.94. The fourth-order valence-electron chi connectivity index (χ4n) is 3.43. The van der Waals surface area contributed by atoms with Crippen molar-refractivity contribution in [1.29, 1.82) is 5.26 Å². The van der Waals surface area contributed by atoms with Gasteiger partial charge in [0.2, 0.25) is 5.91 Å². The van der Waals surface area contributed by atoms with Crippen LogP contribution in [0, 0.1) is 17.2 Å². The van der Waals surface area contributed by atoms with E-state index in [4.69, 9.17) is 10.00 Å². The highest BCUT2D eigenvalue weighted by Crippen LogP contribution is 2.28. The predicted octanol–water partition coefficient (Wildman–Crippen LogP) is 1.20. The number of likely N-dealkylation sites (tertiary alicyclic amines) is 1. The zero-order valence-electron chi connectivity index (χ0n) is 15.0. The van der Waals surface area contributed by atoms with E-state index in [9.17, 15) is 15.0 Å². The van der Waals surface area contributed by atoms with E-state index < -0.39 is 12.5 Å². The van der Waals surface area contributed by atoms with Crippen molar-refractivity contribution >= 4 is 5.91 Å². The summed E-state index contributed by atoms with van der Waals surface area (Å²) in [5.41, 5.74) is 0.520. The summed E-state index contributed by atoms with van der Waals surface area (Å²) >= 11 is 0. The van der Waals surface area contributed by atoms with Crippen LogP contribution in [0.3, 0.4) is 0 Å². The Bertz CT molecular complexity index is 760. The van der Waals surface area contributed by atoms with Gasteiger partial charge in [-0.2, -0.15) is 5.26 Å². The van der Waals surface area contributed by atoms with Gasteiger partial charge < -0.3 is 19.8 Å². The van der Waals surface area contributed by atoms with Crippen LogP contribution in [0.2, 0.25) is 0 Å². The Kier molecular flexibility index (Phi) is 5.91. The van der Waals surface area contributed by atoms with Crippen molar-refractivity contribution in [2.45, 2.75) is 25.3 Å². The van der Waals surface area contributed by atoms with Crippen molar-refractivity contribution in [3.8, 4) is 11.8 Å². The van der Waals surface area contributed by atoms with Crippen molar-refractivity contribution in [2.24, 2.45) is 5.92 Å². The average Bonchev–Trinajstić information content (AvgIpc) is 2.96. The lowest BCUT2D eigenvalue weighted by atomic mass is 9.96. The van der Waals surface area contributed by atoms with E-state index in [0.29, 0.717) is 30.9 Å². The first kappa shape index (κ1) is 19.1. The normalized spacial score (nSPS) is 23.6. The predicted molar refractivity (Wildman–Crippen MR) is 98.1 cm³/mol. The maximum Gasteiger partial charge on any atom is 0.245 e. The number of nitriles is 1. The summed E-state index contributed by atoms with van der Waals surface area (Å²) in [6.45, 7) is 5.32. The molecule has 7 nitrogen and oxygen atoms in total. The molecule has 27 heavy (non-hydrogen) atoms. The number of aliphatic hydroxyl groups is 2. The molecule has 0 aliphatic carbocycles. The molecule has 2 aliphatic rings. The molecular formula is C20H23N3O4. The smallest absolute Gasteiger partial charge is 0.245 e. The van der Waals surface area contributed by atoms with Gasteiger partial charge in [-0.3, -0.25) is 4.79 Å². The van der Waals surface area contributed by atoms with E-state index in [-0.39, 0.29) is 17.6 Å². The van der Waals surface area contributed by atoms with E-state index >= 15 is 0 Å². The van der Waals surface area contributed by atoms with E-state index in [1.54, 1.807) is 34.1 Å². The third-order valence-electron chi connectivity index (χ3n) is 5.01. The number of amides is 1. The molecule has 2 atom stereocenters. The van der Waals surface area contributed by atoms with Crippen molar-refractivity contribution in [3.05, 3.63) is 54.3 Å². The molecule has 0 saturated carbocycles. The topological polar surface area (TPSA) is 97.0 Å². The molecule has 2 aliphatic heterocycles. The molecule has 1 fully saturated rings. The maximum absolute atomic E-state index is 11.7. The van der Waals surface area contributed by atoms with Crippen LogP contribution in [0.15, 0.2) is 48.8 Å². The zero-order valence-corrected chi connectivity index (χ0v) is 15.0. The molecule has 142 valence electrons. The average molecular weight is 369 g/mol. The summed E-state index contributed by atoms with van der Waals surface area (Å²) < 4.78 is 5.68. The Hall–Kier alpha value is -2.66. The number of carbonyl (C=O) groups excluding carboxylic acids is 1. The van der Waals surface area contributed by atoms with Gasteiger partial charge in [0.15, 0.2) is 6.23 Å². The number of hydrogen-bond acceptors (Lipinski definition) is 6. The number of nitrogens with zero attached hydrogens (tertiary/aromatic N) is 3. The quantitative estimate of drug-likeness (QED) is 0.757. The molecule has 1 aromatic carbocycles. The number of benzene rings is 1. The van der Waals surface area contributed by atoms with Crippen LogP contribution in [0.5, 0.6) is 5.75 Å². The molecule has 2 heterocycles. The van der Waals surface area contributed by atoms with Gasteiger partial charge in [0.1, 0.15) is 17.7 Å². The summed E-state index contributed by atoms with van der Waals surface area (Å²) in [6.07, 6.45) is 2.46. The summed E-state index contributed by atoms with van der Waals surface area (Å²) in [5, 5.41) is 29.7.